The molecule has 0 radical (unpaired) electrons. The van der Waals surface area contributed by atoms with Gasteiger partial charge >= 0.3 is 0 Å². The largest absolute Gasteiger partial charge is 0.367 e. The molecule has 0 saturated carbocycles. The van der Waals surface area contributed by atoms with E-state index in [0.717, 1.165) is 27.7 Å². The highest BCUT2D eigenvalue weighted by atomic mass is 32.2. The third kappa shape index (κ3) is 3.43. The predicted octanol–water partition coefficient (Wildman–Crippen LogP) is 2.63. The second-order valence-corrected chi connectivity index (χ2v) is 9.13. The molecule has 3 heterocycles. The quantitative estimate of drug-likeness (QED) is 0.663. The maximum Gasteiger partial charge on any atom is 0.244 e. The van der Waals surface area contributed by atoms with E-state index in [1.165, 1.54) is 10.5 Å². The number of rotatable bonds is 3. The molecule has 3 aromatic rings. The summed E-state index contributed by atoms with van der Waals surface area (Å²) in [4.78, 5) is 10.7. The van der Waals surface area contributed by atoms with Crippen molar-refractivity contribution in [1.29, 1.82) is 5.26 Å². The molecule has 2 aromatic heterocycles. The number of benzene rings is 1. The first-order valence-corrected chi connectivity index (χ1v) is 10.8. The predicted molar refractivity (Wildman–Crippen MR) is 111 cm³/mol. The van der Waals surface area contributed by atoms with E-state index in [0.29, 0.717) is 31.7 Å². The third-order valence-corrected chi connectivity index (χ3v) is 7.11. The Kier molecular flexibility index (Phi) is 4.94. The molecule has 1 fully saturated rings. The average molecular weight is 407 g/mol. The van der Waals surface area contributed by atoms with Crippen LogP contribution in [0.2, 0.25) is 0 Å². The third-order valence-electron chi connectivity index (χ3n) is 5.23. The number of aromatic nitrogens is 2. The summed E-state index contributed by atoms with van der Waals surface area (Å²) in [6.45, 7) is 5.72. The lowest BCUT2D eigenvalue weighted by Crippen LogP contribution is -2.49. The van der Waals surface area contributed by atoms with Crippen LogP contribution in [0.25, 0.3) is 10.9 Å². The zero-order valence-corrected chi connectivity index (χ0v) is 17.1. The molecular formula is C21H21N5O2S. The van der Waals surface area contributed by atoms with E-state index < -0.39 is 10.0 Å². The monoisotopic (exact) mass is 407 g/mol. The molecule has 0 spiro atoms. The lowest BCUT2D eigenvalue weighted by molar-refractivity contribution is 0.385. The Labute approximate surface area is 170 Å². The number of hydrogen-bond acceptors (Lipinski definition) is 6. The summed E-state index contributed by atoms with van der Waals surface area (Å²) < 4.78 is 27.2. The van der Waals surface area contributed by atoms with Crippen LogP contribution in [0.4, 0.5) is 5.69 Å². The van der Waals surface area contributed by atoms with Gasteiger partial charge in [0.05, 0.1) is 16.8 Å². The fourth-order valence-electron chi connectivity index (χ4n) is 3.87. The lowest BCUT2D eigenvalue weighted by Gasteiger charge is -2.36. The van der Waals surface area contributed by atoms with Gasteiger partial charge in [-0.3, -0.25) is 9.97 Å². The minimum absolute atomic E-state index is 0.201. The summed E-state index contributed by atoms with van der Waals surface area (Å²) in [5, 5.41) is 10.6. The van der Waals surface area contributed by atoms with Crippen LogP contribution in [0.3, 0.4) is 0 Å². The van der Waals surface area contributed by atoms with Crippen LogP contribution in [0.5, 0.6) is 0 Å². The van der Waals surface area contributed by atoms with Crippen LogP contribution in [-0.2, 0) is 10.0 Å². The number of anilines is 1. The fourth-order valence-corrected chi connectivity index (χ4v) is 5.26. The van der Waals surface area contributed by atoms with E-state index in [2.05, 4.69) is 27.0 Å². The van der Waals surface area contributed by atoms with Crippen LogP contribution < -0.4 is 4.90 Å². The fraction of sp³-hybridized carbons (Fsp3) is 0.286. The minimum atomic E-state index is -3.57. The van der Waals surface area contributed by atoms with Gasteiger partial charge in [0.2, 0.25) is 10.0 Å². The highest BCUT2D eigenvalue weighted by Gasteiger charge is 2.30. The van der Waals surface area contributed by atoms with E-state index in [1.54, 1.807) is 24.5 Å². The number of fused-ring (bicyclic) bond motifs is 1. The molecule has 29 heavy (non-hydrogen) atoms. The van der Waals surface area contributed by atoms with E-state index >= 15 is 0 Å². The van der Waals surface area contributed by atoms with Crippen LogP contribution in [0.1, 0.15) is 16.7 Å². The molecule has 7 nitrogen and oxygen atoms in total. The zero-order chi connectivity index (χ0) is 20.6. The molecule has 0 unspecified atom stereocenters. The number of sulfonamides is 1. The van der Waals surface area contributed by atoms with Gasteiger partial charge in [0.15, 0.2) is 0 Å². The summed E-state index contributed by atoms with van der Waals surface area (Å²) in [6, 6.07) is 9.55. The Bertz CT molecular complexity index is 1210. The smallest absolute Gasteiger partial charge is 0.244 e. The first kappa shape index (κ1) is 19.3. The van der Waals surface area contributed by atoms with Gasteiger partial charge in [-0.2, -0.15) is 9.57 Å². The van der Waals surface area contributed by atoms with Crippen LogP contribution in [0.15, 0.2) is 47.8 Å². The summed E-state index contributed by atoms with van der Waals surface area (Å²) >= 11 is 0. The Balaban J connectivity index is 1.67. The maximum atomic E-state index is 12.9. The standard InChI is InChI=1S/C21H21N5O2S/c1-15-10-16(2)20-19(11-15)21(17(12-22)13-24-20)25-6-8-26(9-7-25)29(27,28)18-4-3-5-23-14-18/h3-5,10-11,13-14H,6-9H2,1-2H3. The highest BCUT2D eigenvalue weighted by molar-refractivity contribution is 7.89. The van der Waals surface area contributed by atoms with Crippen molar-refractivity contribution >= 4 is 26.6 Å². The summed E-state index contributed by atoms with van der Waals surface area (Å²) in [5.74, 6) is 0. The van der Waals surface area contributed by atoms with Gasteiger partial charge in [-0.15, -0.1) is 0 Å². The number of pyridine rings is 2. The van der Waals surface area contributed by atoms with E-state index in [-0.39, 0.29) is 4.90 Å². The summed E-state index contributed by atoms with van der Waals surface area (Å²) in [7, 11) is -3.57. The number of nitriles is 1. The molecule has 0 N–H and O–H groups in total. The van der Waals surface area contributed by atoms with Gasteiger partial charge in [-0.1, -0.05) is 11.6 Å². The number of piperazine rings is 1. The van der Waals surface area contributed by atoms with Gasteiger partial charge in [-0.05, 0) is 37.6 Å². The lowest BCUT2D eigenvalue weighted by atomic mass is 10.0. The average Bonchev–Trinajstić information content (AvgIpc) is 2.73. The van der Waals surface area contributed by atoms with Crippen molar-refractivity contribution in [2.24, 2.45) is 0 Å². The Morgan fingerprint density at radius 2 is 1.86 bits per heavy atom. The Hall–Kier alpha value is -3.02. The first-order valence-electron chi connectivity index (χ1n) is 9.37. The van der Waals surface area contributed by atoms with E-state index in [4.69, 9.17) is 0 Å². The van der Waals surface area contributed by atoms with E-state index in [9.17, 15) is 13.7 Å². The molecule has 1 aromatic carbocycles. The van der Waals surface area contributed by atoms with E-state index in [1.807, 2.05) is 19.9 Å². The SMILES string of the molecule is Cc1cc(C)c2ncc(C#N)c(N3CCN(S(=O)(=O)c4cccnc4)CC3)c2c1. The van der Waals surface area contributed by atoms with Crippen LogP contribution >= 0.6 is 0 Å². The van der Waals surface area contributed by atoms with Crippen molar-refractivity contribution in [2.75, 3.05) is 31.1 Å². The van der Waals surface area contributed by atoms with Crippen molar-refractivity contribution in [2.45, 2.75) is 18.7 Å². The topological polar surface area (TPSA) is 90.2 Å². The Morgan fingerprint density at radius 1 is 1.10 bits per heavy atom. The van der Waals surface area contributed by atoms with Gasteiger partial charge < -0.3 is 4.90 Å². The van der Waals surface area contributed by atoms with Crippen molar-refractivity contribution in [1.82, 2.24) is 14.3 Å². The number of aryl methyl sites for hydroxylation is 2. The number of nitrogens with zero attached hydrogens (tertiary/aromatic N) is 5. The molecule has 1 aliphatic rings. The molecule has 0 atom stereocenters. The molecular weight excluding hydrogens is 386 g/mol. The molecule has 4 rings (SSSR count). The number of hydrogen-bond donors (Lipinski definition) is 0. The van der Waals surface area contributed by atoms with Gasteiger partial charge in [0.25, 0.3) is 0 Å². The minimum Gasteiger partial charge on any atom is -0.367 e. The van der Waals surface area contributed by atoms with Crippen molar-refractivity contribution in [3.63, 3.8) is 0 Å². The molecule has 1 aliphatic heterocycles. The van der Waals surface area contributed by atoms with Crippen molar-refractivity contribution in [3.05, 3.63) is 59.5 Å². The van der Waals surface area contributed by atoms with Crippen LogP contribution in [-0.4, -0.2) is 48.9 Å². The van der Waals surface area contributed by atoms with Crippen molar-refractivity contribution < 1.29 is 8.42 Å². The van der Waals surface area contributed by atoms with Gasteiger partial charge in [0, 0.05) is 50.2 Å². The second-order valence-electron chi connectivity index (χ2n) is 7.19. The molecule has 1 saturated heterocycles. The summed E-state index contributed by atoms with van der Waals surface area (Å²) in [5.41, 5.74) is 4.37. The summed E-state index contributed by atoms with van der Waals surface area (Å²) in [6.07, 6.45) is 4.54. The highest BCUT2D eigenvalue weighted by Crippen LogP contribution is 2.33. The first-order chi connectivity index (χ1) is 13.9. The normalized spacial score (nSPS) is 15.4. The molecule has 0 amide bonds. The van der Waals surface area contributed by atoms with Crippen LogP contribution in [0, 0.1) is 25.2 Å². The molecule has 0 bridgehead atoms. The van der Waals surface area contributed by atoms with Crippen molar-refractivity contribution in [3.8, 4) is 6.07 Å². The maximum absolute atomic E-state index is 12.9. The Morgan fingerprint density at radius 3 is 2.52 bits per heavy atom. The van der Waals surface area contributed by atoms with Gasteiger partial charge in [-0.25, -0.2) is 8.42 Å². The zero-order valence-electron chi connectivity index (χ0n) is 16.3. The van der Waals surface area contributed by atoms with Gasteiger partial charge in [0.1, 0.15) is 11.0 Å². The molecule has 8 heteroatoms. The molecule has 148 valence electrons. The second kappa shape index (κ2) is 7.43. The molecule has 0 aliphatic carbocycles.